The van der Waals surface area contributed by atoms with Gasteiger partial charge in [-0.3, -0.25) is 0 Å². The van der Waals surface area contributed by atoms with Crippen LogP contribution in [0.5, 0.6) is 0 Å². The van der Waals surface area contributed by atoms with Crippen LogP contribution in [-0.2, 0) is 0 Å². The number of hydrogen-bond donors (Lipinski definition) is 4. The first-order valence-electron chi connectivity index (χ1n) is 0.894. The Morgan fingerprint density at radius 3 is 1.00 bits per heavy atom. The Balaban J connectivity index is -0.00000000800. The monoisotopic (exact) mass is 364 g/mol. The molecule has 4 radical (unpaired) electrons. The zero-order valence-electron chi connectivity index (χ0n) is 6.00. The van der Waals surface area contributed by atoms with Crippen molar-refractivity contribution in [1.29, 1.82) is 0 Å². The molecule has 0 amide bonds. The third-order valence-electron chi connectivity index (χ3n) is 0. The van der Waals surface area contributed by atoms with Gasteiger partial charge in [-0.2, -0.15) is 0 Å². The second-order valence-electron chi connectivity index (χ2n) is 0.600. The molecule has 0 aliphatic carbocycles. The van der Waals surface area contributed by atoms with Crippen molar-refractivity contribution in [2.75, 3.05) is 0 Å². The standard InChI is InChI=1S/Ca.H4O4Si.H2O.Pb.2H/c;1-5(2,3)4;;;;/h;1-4H;1H2;;;/q+2;;;;2*-1. The van der Waals surface area contributed by atoms with E-state index in [-0.39, 0.29) is 73.4 Å². The van der Waals surface area contributed by atoms with Crippen LogP contribution in [0.25, 0.3) is 0 Å². The van der Waals surface area contributed by atoms with Crippen LogP contribution >= 0.6 is 0 Å². The predicted molar refractivity (Wildman–Crippen MR) is 32.0 cm³/mol. The van der Waals surface area contributed by atoms with Crippen molar-refractivity contribution in [2.45, 2.75) is 0 Å². The number of rotatable bonds is 0. The fourth-order valence-corrected chi connectivity index (χ4v) is 0. The molecule has 0 fully saturated rings. The minimum atomic E-state index is -4.61. The van der Waals surface area contributed by atoms with Crippen LogP contribution < -0.4 is 0 Å². The Hall–Kier alpha value is 2.20. The van der Waals surface area contributed by atoms with Crippen molar-refractivity contribution >= 4 is 74.1 Å². The van der Waals surface area contributed by atoms with Gasteiger partial charge in [0.1, 0.15) is 0 Å². The number of hydrogen-bond acceptors (Lipinski definition) is 4. The molecule has 0 aromatic carbocycles. The van der Waals surface area contributed by atoms with E-state index in [1.807, 2.05) is 0 Å². The van der Waals surface area contributed by atoms with E-state index in [9.17, 15) is 0 Å². The summed E-state index contributed by atoms with van der Waals surface area (Å²) in [6.45, 7) is 0. The molecule has 6 N–H and O–H groups in total. The van der Waals surface area contributed by atoms with Crippen LogP contribution in [0.3, 0.4) is 0 Å². The van der Waals surface area contributed by atoms with Gasteiger partial charge in [0, 0.05) is 27.3 Å². The van der Waals surface area contributed by atoms with E-state index in [1.165, 1.54) is 0 Å². The molecule has 0 saturated heterocycles. The van der Waals surface area contributed by atoms with Gasteiger partial charge >= 0.3 is 46.8 Å². The molecule has 8 heavy (non-hydrogen) atoms. The predicted octanol–water partition coefficient (Wildman–Crippen LogP) is -3.97. The first kappa shape index (κ1) is 22.5. The van der Waals surface area contributed by atoms with Crippen LogP contribution in [-0.4, -0.2) is 98.7 Å². The second kappa shape index (κ2) is 9.20. The third kappa shape index (κ3) is 87.9. The van der Waals surface area contributed by atoms with Gasteiger partial charge in [0.15, 0.2) is 0 Å². The molecule has 0 spiro atoms. The van der Waals surface area contributed by atoms with Gasteiger partial charge in [-0.15, -0.1) is 0 Å². The Bertz CT molecular complexity index is 35.1. The normalized spacial score (nSPS) is 7.50. The van der Waals surface area contributed by atoms with E-state index in [0.29, 0.717) is 0 Å². The Labute approximate surface area is 100 Å². The van der Waals surface area contributed by atoms with Crippen LogP contribution in [0.1, 0.15) is 2.85 Å². The van der Waals surface area contributed by atoms with Crippen LogP contribution in [0, 0.1) is 0 Å². The van der Waals surface area contributed by atoms with E-state index >= 15 is 0 Å². The average molecular weight is 363 g/mol. The van der Waals surface area contributed by atoms with Crippen molar-refractivity contribution in [3.8, 4) is 0 Å². The summed E-state index contributed by atoms with van der Waals surface area (Å²) in [5, 5.41) is 0. The fourth-order valence-electron chi connectivity index (χ4n) is 0. The van der Waals surface area contributed by atoms with Crippen molar-refractivity contribution < 1.29 is 27.5 Å². The second-order valence-corrected chi connectivity index (χ2v) is 1.80. The maximum atomic E-state index is 7.33. The summed E-state index contributed by atoms with van der Waals surface area (Å²) in [4.78, 5) is 29.3. The van der Waals surface area contributed by atoms with Gasteiger partial charge in [0.2, 0.25) is 0 Å². The van der Waals surface area contributed by atoms with Gasteiger partial charge in [-0.25, -0.2) is 0 Å². The average Bonchev–Trinajstić information content (AvgIpc) is 0.722. The molecule has 0 aromatic rings. The molecule has 8 heteroatoms. The summed E-state index contributed by atoms with van der Waals surface area (Å²) in [7, 11) is -4.61. The SMILES string of the molecule is O.O[Si](O)(O)O.[Ca+2].[H-].[H-].[Pb]. The zero-order valence-corrected chi connectivity index (χ0v) is 11.1. The minimum absolute atomic E-state index is 0. The Morgan fingerprint density at radius 1 is 1.00 bits per heavy atom. The molecule has 0 aromatic heterocycles. The molecule has 0 rings (SSSR count). The van der Waals surface area contributed by atoms with Crippen molar-refractivity contribution in [3.63, 3.8) is 0 Å². The van der Waals surface area contributed by atoms with Gasteiger partial charge in [0.05, 0.1) is 0 Å². The fraction of sp³-hybridized carbons (Fsp3) is 0. The van der Waals surface area contributed by atoms with E-state index in [4.69, 9.17) is 19.2 Å². The first-order chi connectivity index (χ1) is 2.00. The molecular weight excluding hydrogens is 355 g/mol. The topological polar surface area (TPSA) is 112 Å². The van der Waals surface area contributed by atoms with E-state index < -0.39 is 9.05 Å². The van der Waals surface area contributed by atoms with E-state index in [0.717, 1.165) is 0 Å². The van der Waals surface area contributed by atoms with Crippen molar-refractivity contribution in [1.82, 2.24) is 0 Å². The maximum Gasteiger partial charge on any atom is 2.00 e. The van der Waals surface area contributed by atoms with Gasteiger partial charge in [-0.1, -0.05) is 0 Å². The van der Waals surface area contributed by atoms with Crippen LogP contribution in [0.2, 0.25) is 0 Å². The summed E-state index contributed by atoms with van der Waals surface area (Å²) in [6.07, 6.45) is 0. The quantitative estimate of drug-likeness (QED) is 0.329. The van der Waals surface area contributed by atoms with Crippen LogP contribution in [0.15, 0.2) is 0 Å². The largest absolute Gasteiger partial charge is 2.00 e. The molecule has 48 valence electrons. The van der Waals surface area contributed by atoms with E-state index in [1.54, 1.807) is 0 Å². The third-order valence-corrected chi connectivity index (χ3v) is 0. The minimum Gasteiger partial charge on any atom is -1.00 e. The molecule has 0 bridgehead atoms. The molecule has 5 nitrogen and oxygen atoms in total. The van der Waals surface area contributed by atoms with Crippen molar-refractivity contribution in [3.05, 3.63) is 0 Å². The zero-order chi connectivity index (χ0) is 4.50. The molecule has 0 aliphatic rings. The first-order valence-corrected chi connectivity index (χ1v) is 2.68. The Kier molecular flexibility index (Phi) is 25.8. The summed E-state index contributed by atoms with van der Waals surface area (Å²) >= 11 is 0. The maximum absolute atomic E-state index is 7.33. The summed E-state index contributed by atoms with van der Waals surface area (Å²) in [5.41, 5.74) is 0. The van der Waals surface area contributed by atoms with Gasteiger partial charge in [-0.05, 0) is 0 Å². The van der Waals surface area contributed by atoms with Crippen molar-refractivity contribution in [2.24, 2.45) is 0 Å². The van der Waals surface area contributed by atoms with Gasteiger partial charge < -0.3 is 27.5 Å². The smallest absolute Gasteiger partial charge is 1.00 e. The molecule has 0 aliphatic heterocycles. The molecule has 0 unspecified atom stereocenters. The molecular formula is H8CaO5PbSi. The van der Waals surface area contributed by atoms with Gasteiger partial charge in [0.25, 0.3) is 0 Å². The summed E-state index contributed by atoms with van der Waals surface area (Å²) in [6, 6.07) is 0. The summed E-state index contributed by atoms with van der Waals surface area (Å²) < 4.78 is 0. The summed E-state index contributed by atoms with van der Waals surface area (Å²) in [5.74, 6) is 0. The van der Waals surface area contributed by atoms with Crippen LogP contribution in [0.4, 0.5) is 0 Å². The molecule has 0 atom stereocenters. The van der Waals surface area contributed by atoms with E-state index in [2.05, 4.69) is 0 Å². The molecule has 0 saturated carbocycles. The Morgan fingerprint density at radius 2 is 1.00 bits per heavy atom. The molecule has 0 heterocycles.